The van der Waals surface area contributed by atoms with Gasteiger partial charge < -0.3 is 10.1 Å². The van der Waals surface area contributed by atoms with Crippen molar-refractivity contribution in [2.45, 2.75) is 25.7 Å². The summed E-state index contributed by atoms with van der Waals surface area (Å²) < 4.78 is 4.92. The minimum atomic E-state index is -0.504. The molecule has 2 aromatic rings. The summed E-state index contributed by atoms with van der Waals surface area (Å²) in [6.45, 7) is 0. The molecule has 1 heterocycles. The quantitative estimate of drug-likeness (QED) is 0.236. The molecule has 1 aliphatic carbocycles. The molecule has 0 atom stereocenters. The predicted octanol–water partition coefficient (Wildman–Crippen LogP) is 3.85. The zero-order valence-electron chi connectivity index (χ0n) is 16.1. The topological polar surface area (TPSA) is 111 Å². The van der Waals surface area contributed by atoms with E-state index in [0.29, 0.717) is 16.1 Å². The summed E-state index contributed by atoms with van der Waals surface area (Å²) in [5.74, 6) is -0.934. The Morgan fingerprint density at radius 3 is 2.80 bits per heavy atom. The fourth-order valence-corrected chi connectivity index (χ4v) is 4.72. The van der Waals surface area contributed by atoms with Crippen molar-refractivity contribution in [2.24, 2.45) is 0 Å². The van der Waals surface area contributed by atoms with Crippen molar-refractivity contribution in [3.8, 4) is 0 Å². The summed E-state index contributed by atoms with van der Waals surface area (Å²) in [6, 6.07) is 5.91. The number of nitrogens with one attached hydrogen (secondary N) is 2. The van der Waals surface area contributed by atoms with Crippen molar-refractivity contribution in [2.75, 3.05) is 12.4 Å². The maximum absolute atomic E-state index is 12.3. The number of carbonyl (C=O) groups excluding carboxylic acids is 2. The van der Waals surface area contributed by atoms with Gasteiger partial charge in [0.2, 0.25) is 5.91 Å². The van der Waals surface area contributed by atoms with Crippen molar-refractivity contribution < 1.29 is 19.2 Å². The highest BCUT2D eigenvalue weighted by Gasteiger charge is 2.26. The molecule has 1 amide bonds. The highest BCUT2D eigenvalue weighted by atomic mass is 32.1. The van der Waals surface area contributed by atoms with Crippen molar-refractivity contribution in [3.63, 3.8) is 0 Å². The monoisotopic (exact) mass is 445 g/mol. The summed E-state index contributed by atoms with van der Waals surface area (Å²) in [7, 11) is 1.33. The van der Waals surface area contributed by atoms with Gasteiger partial charge in [-0.2, -0.15) is 0 Å². The second-order valence-electron chi connectivity index (χ2n) is 6.54. The molecule has 8 nitrogen and oxygen atoms in total. The van der Waals surface area contributed by atoms with Gasteiger partial charge in [-0.1, -0.05) is 12.1 Å². The Morgan fingerprint density at radius 1 is 1.30 bits per heavy atom. The second-order valence-corrected chi connectivity index (χ2v) is 8.05. The Bertz CT molecular complexity index is 1050. The molecule has 0 saturated heterocycles. The van der Waals surface area contributed by atoms with Crippen molar-refractivity contribution in [1.82, 2.24) is 5.32 Å². The first-order chi connectivity index (χ1) is 14.4. The van der Waals surface area contributed by atoms with Crippen LogP contribution in [0, 0.1) is 10.1 Å². The zero-order valence-corrected chi connectivity index (χ0v) is 17.7. The number of thiocarbonyl (C=S) groups is 1. The number of hydrogen-bond acceptors (Lipinski definition) is 7. The van der Waals surface area contributed by atoms with E-state index in [4.69, 9.17) is 17.0 Å². The van der Waals surface area contributed by atoms with Gasteiger partial charge in [0.25, 0.3) is 5.69 Å². The number of thiophene rings is 1. The number of ether oxygens (including phenoxy) is 1. The summed E-state index contributed by atoms with van der Waals surface area (Å²) in [6.07, 6.45) is 6.47. The molecule has 0 unspecified atom stereocenters. The smallest absolute Gasteiger partial charge is 0.341 e. The number of hydrogen-bond donors (Lipinski definition) is 2. The lowest BCUT2D eigenvalue weighted by molar-refractivity contribution is -0.384. The number of nitrogens with zero attached hydrogens (tertiary/aromatic N) is 1. The number of methoxy groups -OCH3 is 1. The van der Waals surface area contributed by atoms with Gasteiger partial charge in [-0.25, -0.2) is 4.79 Å². The van der Waals surface area contributed by atoms with Gasteiger partial charge in [0.05, 0.1) is 17.6 Å². The van der Waals surface area contributed by atoms with Crippen LogP contribution in [0.2, 0.25) is 0 Å². The molecule has 0 saturated carbocycles. The van der Waals surface area contributed by atoms with Crippen LogP contribution in [0.5, 0.6) is 0 Å². The number of nitro groups is 1. The molecular weight excluding hydrogens is 426 g/mol. The summed E-state index contributed by atoms with van der Waals surface area (Å²) in [4.78, 5) is 35.9. The van der Waals surface area contributed by atoms with E-state index in [0.717, 1.165) is 36.1 Å². The van der Waals surface area contributed by atoms with Gasteiger partial charge >= 0.3 is 5.97 Å². The average Bonchev–Trinajstić information content (AvgIpc) is 3.09. The van der Waals surface area contributed by atoms with E-state index in [2.05, 4.69) is 10.6 Å². The van der Waals surface area contributed by atoms with E-state index < -0.39 is 16.8 Å². The van der Waals surface area contributed by atoms with Gasteiger partial charge in [-0.15, -0.1) is 11.3 Å². The first-order valence-electron chi connectivity index (χ1n) is 9.16. The number of aryl methyl sites for hydroxylation is 1. The summed E-state index contributed by atoms with van der Waals surface area (Å²) >= 11 is 6.65. The SMILES string of the molecule is COC(=O)c1c(NC(=S)NC(=O)/C=C/c2cccc([N+](=O)[O-])c2)sc2c1CCCC2. The second kappa shape index (κ2) is 9.59. The molecule has 3 rings (SSSR count). The average molecular weight is 446 g/mol. The van der Waals surface area contributed by atoms with Gasteiger partial charge in [0.15, 0.2) is 5.11 Å². The van der Waals surface area contributed by atoms with Crippen LogP contribution in [-0.2, 0) is 22.4 Å². The lowest BCUT2D eigenvalue weighted by Crippen LogP contribution is -2.33. The van der Waals surface area contributed by atoms with Crippen molar-refractivity contribution in [1.29, 1.82) is 0 Å². The summed E-state index contributed by atoms with van der Waals surface area (Å²) in [5.41, 5.74) is 1.91. The Kier molecular flexibility index (Phi) is 6.91. The third-order valence-electron chi connectivity index (χ3n) is 4.53. The summed E-state index contributed by atoms with van der Waals surface area (Å²) in [5, 5.41) is 16.9. The molecule has 1 aromatic carbocycles. The van der Waals surface area contributed by atoms with Crippen LogP contribution in [-0.4, -0.2) is 29.0 Å². The van der Waals surface area contributed by atoms with Gasteiger partial charge in [-0.3, -0.25) is 20.2 Å². The van der Waals surface area contributed by atoms with Crippen LogP contribution < -0.4 is 10.6 Å². The number of fused-ring (bicyclic) bond motifs is 1. The number of esters is 1. The largest absolute Gasteiger partial charge is 0.465 e. The van der Waals surface area contributed by atoms with E-state index in [1.807, 2.05) is 0 Å². The Hall–Kier alpha value is -3.11. The first kappa shape index (κ1) is 21.6. The van der Waals surface area contributed by atoms with Crippen molar-refractivity contribution in [3.05, 3.63) is 62.0 Å². The number of amides is 1. The highest BCUT2D eigenvalue weighted by molar-refractivity contribution is 7.80. The molecule has 10 heteroatoms. The normalized spacial score (nSPS) is 12.8. The van der Waals surface area contributed by atoms with Crippen LogP contribution in [0.1, 0.15) is 39.2 Å². The van der Waals surface area contributed by atoms with Crippen LogP contribution in [0.3, 0.4) is 0 Å². The highest BCUT2D eigenvalue weighted by Crippen LogP contribution is 2.38. The molecule has 156 valence electrons. The predicted molar refractivity (Wildman–Crippen MR) is 119 cm³/mol. The number of nitro benzene ring substituents is 1. The lowest BCUT2D eigenvalue weighted by Gasteiger charge is -2.12. The molecule has 0 fully saturated rings. The van der Waals surface area contributed by atoms with Gasteiger partial charge in [0, 0.05) is 23.1 Å². The standard InChI is InChI=1S/C20H19N3O5S2/c1-28-19(25)17-14-7-2-3-8-15(14)30-18(17)22-20(29)21-16(24)10-9-12-5-4-6-13(11-12)23(26)27/h4-6,9-11H,2-3,7-8H2,1H3,(H2,21,22,24,29)/b10-9+. The van der Waals surface area contributed by atoms with Crippen LogP contribution in [0.15, 0.2) is 30.3 Å². The fourth-order valence-electron chi connectivity index (χ4n) is 3.17. The van der Waals surface area contributed by atoms with Gasteiger partial charge in [0.1, 0.15) is 5.00 Å². The molecule has 1 aliphatic rings. The molecule has 2 N–H and O–H groups in total. The number of anilines is 1. The lowest BCUT2D eigenvalue weighted by atomic mass is 9.95. The molecular formula is C20H19N3O5S2. The van der Waals surface area contributed by atoms with Crippen LogP contribution in [0.25, 0.3) is 6.08 Å². The molecule has 0 spiro atoms. The third kappa shape index (κ3) is 5.08. The number of non-ortho nitro benzene ring substituents is 1. The zero-order chi connectivity index (χ0) is 21.7. The molecule has 1 aromatic heterocycles. The van der Waals surface area contributed by atoms with Crippen LogP contribution >= 0.6 is 23.6 Å². The third-order valence-corrected chi connectivity index (χ3v) is 5.94. The van der Waals surface area contributed by atoms with E-state index in [1.165, 1.54) is 48.8 Å². The minimum absolute atomic E-state index is 0.0486. The number of benzene rings is 1. The van der Waals surface area contributed by atoms with E-state index in [1.54, 1.807) is 6.07 Å². The van der Waals surface area contributed by atoms with E-state index in [9.17, 15) is 19.7 Å². The minimum Gasteiger partial charge on any atom is -0.465 e. The Balaban J connectivity index is 1.68. The van der Waals surface area contributed by atoms with E-state index >= 15 is 0 Å². The molecule has 0 radical (unpaired) electrons. The maximum atomic E-state index is 12.3. The molecule has 30 heavy (non-hydrogen) atoms. The Labute approximate surface area is 182 Å². The molecule has 0 bridgehead atoms. The van der Waals surface area contributed by atoms with E-state index in [-0.39, 0.29) is 10.8 Å². The van der Waals surface area contributed by atoms with Gasteiger partial charge in [-0.05, 0) is 55.1 Å². The number of rotatable bonds is 5. The number of carbonyl (C=O) groups is 2. The van der Waals surface area contributed by atoms with Crippen molar-refractivity contribution >= 4 is 57.3 Å². The van der Waals surface area contributed by atoms with Crippen LogP contribution in [0.4, 0.5) is 10.7 Å². The fraction of sp³-hybridized carbons (Fsp3) is 0.250. The maximum Gasteiger partial charge on any atom is 0.341 e. The Morgan fingerprint density at radius 2 is 2.07 bits per heavy atom. The first-order valence-corrected chi connectivity index (χ1v) is 10.4. The molecule has 0 aliphatic heterocycles.